The normalized spacial score (nSPS) is 17.0. The van der Waals surface area contributed by atoms with Gasteiger partial charge in [0.2, 0.25) is 0 Å². The molecule has 0 radical (unpaired) electrons. The minimum absolute atomic E-state index is 0. The Hall–Kier alpha value is -1.36. The van der Waals surface area contributed by atoms with Crippen LogP contribution < -0.4 is 15.4 Å². The maximum absolute atomic E-state index is 10.8. The van der Waals surface area contributed by atoms with Gasteiger partial charge in [0.05, 0.1) is 25.4 Å². The monoisotopic (exact) mass is 518 g/mol. The van der Waals surface area contributed by atoms with Crippen molar-refractivity contribution in [3.05, 3.63) is 42.5 Å². The first-order valence-electron chi connectivity index (χ1n) is 9.90. The predicted molar refractivity (Wildman–Crippen MR) is 128 cm³/mol. The van der Waals surface area contributed by atoms with Crippen LogP contribution in [0.1, 0.15) is 19.4 Å². The van der Waals surface area contributed by atoms with Crippen molar-refractivity contribution in [2.75, 3.05) is 52.5 Å². The van der Waals surface area contributed by atoms with Gasteiger partial charge in [-0.05, 0) is 19.9 Å². The Labute approximate surface area is 191 Å². The van der Waals surface area contributed by atoms with Crippen molar-refractivity contribution in [1.29, 1.82) is 0 Å². The Balaban J connectivity index is 0.00000420. The average Bonchev–Trinajstić information content (AvgIpc) is 2.69. The summed E-state index contributed by atoms with van der Waals surface area (Å²) in [5.74, 6) is 1.48. The Morgan fingerprint density at radius 1 is 1.34 bits per heavy atom. The number of morpholine rings is 1. The van der Waals surface area contributed by atoms with Crippen LogP contribution in [0, 0.1) is 0 Å². The molecular weight excluding hydrogens is 483 g/mol. The molecule has 0 spiro atoms. The predicted octanol–water partition coefficient (Wildman–Crippen LogP) is 2.01. The van der Waals surface area contributed by atoms with E-state index in [1.807, 2.05) is 38.1 Å². The van der Waals surface area contributed by atoms with Crippen molar-refractivity contribution in [3.63, 3.8) is 0 Å². The highest BCUT2D eigenvalue weighted by molar-refractivity contribution is 14.0. The lowest BCUT2D eigenvalue weighted by Crippen LogP contribution is -2.52. The molecule has 2 rings (SSSR count). The van der Waals surface area contributed by atoms with E-state index in [0.29, 0.717) is 32.2 Å². The minimum atomic E-state index is -0.863. The fourth-order valence-electron chi connectivity index (χ4n) is 3.00. The zero-order chi connectivity index (χ0) is 20.2. The molecule has 1 fully saturated rings. The molecule has 7 nitrogen and oxygen atoms in total. The number of hydrogen-bond acceptors (Lipinski definition) is 5. The third-order valence-corrected chi connectivity index (χ3v) is 4.39. The molecule has 1 unspecified atom stereocenters. The van der Waals surface area contributed by atoms with Gasteiger partial charge in [0.15, 0.2) is 5.96 Å². The largest absolute Gasteiger partial charge is 0.489 e. The smallest absolute Gasteiger partial charge is 0.191 e. The maximum Gasteiger partial charge on any atom is 0.191 e. The van der Waals surface area contributed by atoms with Crippen LogP contribution in [0.3, 0.4) is 0 Å². The number of β-amino-alcohol motifs (C(OH)–C–C–N with tert-alkyl or cyclic N) is 1. The van der Waals surface area contributed by atoms with E-state index >= 15 is 0 Å². The summed E-state index contributed by atoms with van der Waals surface area (Å²) in [5.41, 5.74) is 0.139. The fourth-order valence-corrected chi connectivity index (χ4v) is 3.00. The van der Waals surface area contributed by atoms with Crippen LogP contribution in [0.4, 0.5) is 0 Å². The lowest BCUT2D eigenvalue weighted by atomic mass is 10.1. The van der Waals surface area contributed by atoms with E-state index in [-0.39, 0.29) is 24.0 Å². The molecular formula is C21H35IN4O3. The number of nitrogens with zero attached hydrogens (tertiary/aromatic N) is 2. The Kier molecular flexibility index (Phi) is 12.2. The molecule has 1 aromatic carbocycles. The van der Waals surface area contributed by atoms with Gasteiger partial charge >= 0.3 is 0 Å². The summed E-state index contributed by atoms with van der Waals surface area (Å²) in [7, 11) is 0. The van der Waals surface area contributed by atoms with Gasteiger partial charge in [-0.3, -0.25) is 4.90 Å². The minimum Gasteiger partial charge on any atom is -0.489 e. The van der Waals surface area contributed by atoms with Crippen molar-refractivity contribution >= 4 is 29.9 Å². The number of para-hydroxylation sites is 1. The SMILES string of the molecule is C=CCOc1ccccc1CN=C(NCC)NCC(C)(O)CN1CCOCC1.I. The van der Waals surface area contributed by atoms with Crippen LogP contribution >= 0.6 is 24.0 Å². The van der Waals surface area contributed by atoms with Crippen LogP contribution in [0.2, 0.25) is 0 Å². The standard InChI is InChI=1S/C21H34N4O3.HI/c1-4-12-28-19-9-7-6-8-18(19)15-23-20(22-5-2)24-16-21(3,26)17-25-10-13-27-14-11-25;/h4,6-9,26H,1,5,10-17H2,2-3H3,(H2,22,23,24);1H. The third kappa shape index (κ3) is 9.79. The lowest BCUT2D eigenvalue weighted by Gasteiger charge is -2.34. The van der Waals surface area contributed by atoms with Gasteiger partial charge in [-0.25, -0.2) is 4.99 Å². The van der Waals surface area contributed by atoms with Crippen LogP contribution in [0.5, 0.6) is 5.75 Å². The molecule has 1 aromatic rings. The highest BCUT2D eigenvalue weighted by Gasteiger charge is 2.25. The van der Waals surface area contributed by atoms with Gasteiger partial charge in [0.25, 0.3) is 0 Å². The van der Waals surface area contributed by atoms with Gasteiger partial charge in [-0.15, -0.1) is 24.0 Å². The Bertz CT molecular complexity index is 634. The number of rotatable bonds is 10. The molecule has 0 aliphatic carbocycles. The maximum atomic E-state index is 10.8. The molecule has 0 bridgehead atoms. The van der Waals surface area contributed by atoms with Gasteiger partial charge in [-0.1, -0.05) is 30.9 Å². The number of benzene rings is 1. The Morgan fingerprint density at radius 3 is 2.76 bits per heavy atom. The highest BCUT2D eigenvalue weighted by Crippen LogP contribution is 2.18. The summed E-state index contributed by atoms with van der Waals surface area (Å²) in [6.45, 7) is 13.4. The highest BCUT2D eigenvalue weighted by atomic mass is 127. The van der Waals surface area contributed by atoms with Crippen molar-refractivity contribution in [2.45, 2.75) is 26.0 Å². The number of halogens is 1. The fraction of sp³-hybridized carbons (Fsp3) is 0.571. The first kappa shape index (κ1) is 25.7. The van der Waals surface area contributed by atoms with Gasteiger partial charge in [0.1, 0.15) is 12.4 Å². The first-order chi connectivity index (χ1) is 13.5. The molecule has 1 heterocycles. The molecule has 0 aromatic heterocycles. The zero-order valence-corrected chi connectivity index (χ0v) is 19.9. The third-order valence-electron chi connectivity index (χ3n) is 4.39. The van der Waals surface area contributed by atoms with Crippen molar-refractivity contribution in [3.8, 4) is 5.75 Å². The second kappa shape index (κ2) is 13.8. The molecule has 1 saturated heterocycles. The van der Waals surface area contributed by atoms with Gasteiger partial charge < -0.3 is 25.2 Å². The number of ether oxygens (including phenoxy) is 2. The van der Waals surface area contributed by atoms with Crippen molar-refractivity contribution in [2.24, 2.45) is 4.99 Å². The van der Waals surface area contributed by atoms with Gasteiger partial charge in [-0.2, -0.15) is 0 Å². The summed E-state index contributed by atoms with van der Waals surface area (Å²) in [6, 6.07) is 7.85. The van der Waals surface area contributed by atoms with E-state index in [0.717, 1.165) is 44.2 Å². The quantitative estimate of drug-likeness (QED) is 0.191. The number of hydrogen-bond donors (Lipinski definition) is 3. The summed E-state index contributed by atoms with van der Waals surface area (Å²) in [4.78, 5) is 6.87. The average molecular weight is 518 g/mol. The van der Waals surface area contributed by atoms with Crippen LogP contribution in [-0.2, 0) is 11.3 Å². The van der Waals surface area contributed by atoms with E-state index in [4.69, 9.17) is 9.47 Å². The number of nitrogens with one attached hydrogen (secondary N) is 2. The molecule has 1 aliphatic heterocycles. The Morgan fingerprint density at radius 2 is 2.07 bits per heavy atom. The number of aliphatic imine (C=N–C) groups is 1. The first-order valence-corrected chi connectivity index (χ1v) is 9.90. The molecule has 3 N–H and O–H groups in total. The number of aliphatic hydroxyl groups is 1. The van der Waals surface area contributed by atoms with Crippen molar-refractivity contribution in [1.82, 2.24) is 15.5 Å². The molecule has 29 heavy (non-hydrogen) atoms. The summed E-state index contributed by atoms with van der Waals surface area (Å²) >= 11 is 0. The summed E-state index contributed by atoms with van der Waals surface area (Å²) < 4.78 is 11.1. The van der Waals surface area contributed by atoms with Crippen LogP contribution in [0.15, 0.2) is 41.9 Å². The van der Waals surface area contributed by atoms with E-state index < -0.39 is 5.60 Å². The van der Waals surface area contributed by atoms with Crippen molar-refractivity contribution < 1.29 is 14.6 Å². The molecule has 1 aliphatic rings. The summed E-state index contributed by atoms with van der Waals surface area (Å²) in [6.07, 6.45) is 1.72. The number of guanidine groups is 1. The van der Waals surface area contributed by atoms with Gasteiger partial charge in [0, 0.05) is 38.3 Å². The van der Waals surface area contributed by atoms with E-state index in [1.165, 1.54) is 0 Å². The van der Waals surface area contributed by atoms with E-state index in [2.05, 4.69) is 27.1 Å². The molecule has 1 atom stereocenters. The zero-order valence-electron chi connectivity index (χ0n) is 17.5. The van der Waals surface area contributed by atoms with Crippen LogP contribution in [0.25, 0.3) is 0 Å². The van der Waals surface area contributed by atoms with Crippen LogP contribution in [-0.4, -0.2) is 74.1 Å². The second-order valence-electron chi connectivity index (χ2n) is 7.14. The molecule has 164 valence electrons. The lowest BCUT2D eigenvalue weighted by molar-refractivity contribution is -0.0201. The molecule has 8 heteroatoms. The van der Waals surface area contributed by atoms with E-state index in [1.54, 1.807) is 6.08 Å². The van der Waals surface area contributed by atoms with E-state index in [9.17, 15) is 5.11 Å². The molecule has 0 amide bonds. The second-order valence-corrected chi connectivity index (χ2v) is 7.14. The summed E-state index contributed by atoms with van der Waals surface area (Å²) in [5, 5.41) is 17.2. The molecule has 0 saturated carbocycles. The topological polar surface area (TPSA) is 78.3 Å².